The smallest absolute Gasteiger partial charge is 0.289 e. The van der Waals surface area contributed by atoms with E-state index in [-0.39, 0.29) is 11.9 Å². The van der Waals surface area contributed by atoms with Crippen LogP contribution in [0.1, 0.15) is 35.9 Å². The second-order valence-electron chi connectivity index (χ2n) is 7.62. The first-order valence-corrected chi connectivity index (χ1v) is 8.92. The molecule has 0 unspecified atom stereocenters. The molecule has 8 nitrogen and oxygen atoms in total. The third-order valence-corrected chi connectivity index (χ3v) is 5.13. The van der Waals surface area contributed by atoms with Crippen LogP contribution in [0.2, 0.25) is 0 Å². The van der Waals surface area contributed by atoms with Gasteiger partial charge in [0, 0.05) is 57.4 Å². The number of carbonyl (C=O) groups excluding carboxylic acids is 1. The van der Waals surface area contributed by atoms with Crippen LogP contribution >= 0.6 is 0 Å². The Morgan fingerprint density at radius 2 is 2.08 bits per heavy atom. The number of likely N-dealkylation sites (tertiary alicyclic amines) is 1. The molecule has 0 aliphatic carbocycles. The number of aromatic nitrogens is 5. The van der Waals surface area contributed by atoms with Gasteiger partial charge in [0.1, 0.15) is 5.82 Å². The highest BCUT2D eigenvalue weighted by molar-refractivity contribution is 5.90. The van der Waals surface area contributed by atoms with Crippen LogP contribution in [0.25, 0.3) is 0 Å². The molecule has 8 heteroatoms. The van der Waals surface area contributed by atoms with Gasteiger partial charge in [-0.1, -0.05) is 0 Å². The van der Waals surface area contributed by atoms with Gasteiger partial charge in [-0.25, -0.2) is 0 Å². The molecule has 2 aliphatic heterocycles. The number of hydrogen-bond acceptors (Lipinski definition) is 5. The molecule has 0 spiro atoms. The number of nitrogens with one attached hydrogen (secondary N) is 1. The number of fused-ring (bicyclic) bond motifs is 2. The summed E-state index contributed by atoms with van der Waals surface area (Å²) < 4.78 is 3.87. The minimum absolute atomic E-state index is 0.0956. The van der Waals surface area contributed by atoms with Gasteiger partial charge in [-0.05, 0) is 25.7 Å². The molecule has 1 saturated heterocycles. The van der Waals surface area contributed by atoms with Gasteiger partial charge < -0.3 is 9.88 Å². The first kappa shape index (κ1) is 16.3. The fourth-order valence-electron chi connectivity index (χ4n) is 4.06. The number of rotatable bonds is 4. The minimum atomic E-state index is -0.127. The van der Waals surface area contributed by atoms with Crippen molar-refractivity contribution in [3.05, 3.63) is 29.6 Å². The largest absolute Gasteiger partial charge is 0.347 e. The van der Waals surface area contributed by atoms with E-state index in [4.69, 9.17) is 0 Å². The van der Waals surface area contributed by atoms with Crippen molar-refractivity contribution >= 4 is 5.91 Å². The second-order valence-corrected chi connectivity index (χ2v) is 7.62. The quantitative estimate of drug-likeness (QED) is 0.872. The van der Waals surface area contributed by atoms with Crippen molar-refractivity contribution in [2.45, 2.75) is 39.4 Å². The molecule has 0 bridgehead atoms. The van der Waals surface area contributed by atoms with E-state index >= 15 is 0 Å². The van der Waals surface area contributed by atoms with Gasteiger partial charge in [-0.2, -0.15) is 5.10 Å². The standard InChI is InChI=1S/C17H25N7O/c1-11(2)19-17(25)16-21-20-15-4-13-8-23(9-14(13)10-24(15)16)7-12-5-18-22(3)6-12/h5-6,11,13-14H,4,7-10H2,1-3H3,(H,19,25)/t13-,14+/m1/s1. The molecule has 1 fully saturated rings. The summed E-state index contributed by atoms with van der Waals surface area (Å²) in [5.41, 5.74) is 1.25. The average Bonchev–Trinajstić information content (AvgIpc) is 3.22. The SMILES string of the molecule is CC(C)NC(=O)c1nnc2n1C[C@@H]1CN(Cc3cnn(C)c3)C[C@H]1C2. The van der Waals surface area contributed by atoms with Gasteiger partial charge in [-0.15, -0.1) is 10.2 Å². The van der Waals surface area contributed by atoms with Gasteiger partial charge in [0.2, 0.25) is 5.82 Å². The predicted octanol–water partition coefficient (Wildman–Crippen LogP) is 0.454. The molecule has 2 aromatic rings. The van der Waals surface area contributed by atoms with E-state index in [1.165, 1.54) is 5.56 Å². The Labute approximate surface area is 147 Å². The number of carbonyl (C=O) groups is 1. The van der Waals surface area contributed by atoms with Gasteiger partial charge in [0.05, 0.1) is 6.20 Å². The van der Waals surface area contributed by atoms with Crippen LogP contribution < -0.4 is 5.32 Å². The molecule has 0 saturated carbocycles. The zero-order valence-electron chi connectivity index (χ0n) is 15.0. The van der Waals surface area contributed by atoms with Crippen molar-refractivity contribution in [3.8, 4) is 0 Å². The van der Waals surface area contributed by atoms with E-state index in [1.807, 2.05) is 36.3 Å². The molecule has 0 radical (unpaired) electrons. The average molecular weight is 343 g/mol. The van der Waals surface area contributed by atoms with Crippen molar-refractivity contribution in [2.24, 2.45) is 18.9 Å². The summed E-state index contributed by atoms with van der Waals surface area (Å²) in [5.74, 6) is 2.41. The Balaban J connectivity index is 1.45. The molecule has 25 heavy (non-hydrogen) atoms. The normalized spacial score (nSPS) is 22.9. The summed E-state index contributed by atoms with van der Waals surface area (Å²) in [6.45, 7) is 7.78. The fourth-order valence-corrected chi connectivity index (χ4v) is 4.06. The number of aryl methyl sites for hydroxylation is 1. The lowest BCUT2D eigenvalue weighted by molar-refractivity contribution is 0.0924. The first-order chi connectivity index (χ1) is 12.0. The van der Waals surface area contributed by atoms with Crippen LogP contribution in [0.4, 0.5) is 0 Å². The zero-order valence-corrected chi connectivity index (χ0v) is 15.0. The molecule has 0 aromatic carbocycles. The van der Waals surface area contributed by atoms with Crippen LogP contribution in [0.5, 0.6) is 0 Å². The Morgan fingerprint density at radius 3 is 2.80 bits per heavy atom. The summed E-state index contributed by atoms with van der Waals surface area (Å²) in [5, 5.41) is 15.6. The van der Waals surface area contributed by atoms with E-state index in [1.54, 1.807) is 0 Å². The monoisotopic (exact) mass is 343 g/mol. The lowest BCUT2D eigenvalue weighted by Crippen LogP contribution is -2.35. The van der Waals surface area contributed by atoms with Gasteiger partial charge in [0.25, 0.3) is 5.91 Å². The number of hydrogen-bond donors (Lipinski definition) is 1. The Kier molecular flexibility index (Phi) is 4.07. The molecule has 1 N–H and O–H groups in total. The summed E-state index contributed by atoms with van der Waals surface area (Å²) in [7, 11) is 1.95. The number of nitrogens with zero attached hydrogens (tertiary/aromatic N) is 6. The van der Waals surface area contributed by atoms with Crippen LogP contribution in [0, 0.1) is 11.8 Å². The van der Waals surface area contributed by atoms with E-state index in [0.717, 1.165) is 38.4 Å². The van der Waals surface area contributed by atoms with Crippen molar-refractivity contribution in [3.63, 3.8) is 0 Å². The lowest BCUT2D eigenvalue weighted by atomic mass is 9.89. The van der Waals surface area contributed by atoms with Gasteiger partial charge in [0.15, 0.2) is 0 Å². The van der Waals surface area contributed by atoms with E-state index in [0.29, 0.717) is 17.7 Å². The van der Waals surface area contributed by atoms with Crippen LogP contribution in [-0.2, 0) is 26.6 Å². The molecule has 134 valence electrons. The molecular weight excluding hydrogens is 318 g/mol. The molecule has 4 rings (SSSR count). The highest BCUT2D eigenvalue weighted by Crippen LogP contribution is 2.33. The van der Waals surface area contributed by atoms with Crippen molar-refractivity contribution in [1.29, 1.82) is 0 Å². The first-order valence-electron chi connectivity index (χ1n) is 8.92. The molecule has 2 atom stereocenters. The zero-order chi connectivity index (χ0) is 17.6. The summed E-state index contributed by atoms with van der Waals surface area (Å²) in [6.07, 6.45) is 4.91. The number of amides is 1. The third kappa shape index (κ3) is 3.18. The van der Waals surface area contributed by atoms with Gasteiger partial charge in [-0.3, -0.25) is 14.4 Å². The Bertz CT molecular complexity index is 778. The molecule has 4 heterocycles. The van der Waals surface area contributed by atoms with Crippen LogP contribution in [0.3, 0.4) is 0 Å². The van der Waals surface area contributed by atoms with Gasteiger partial charge >= 0.3 is 0 Å². The maximum atomic E-state index is 12.3. The van der Waals surface area contributed by atoms with Crippen molar-refractivity contribution in [2.75, 3.05) is 13.1 Å². The maximum absolute atomic E-state index is 12.3. The summed E-state index contributed by atoms with van der Waals surface area (Å²) >= 11 is 0. The third-order valence-electron chi connectivity index (χ3n) is 5.13. The highest BCUT2D eigenvalue weighted by Gasteiger charge is 2.39. The van der Waals surface area contributed by atoms with Crippen LogP contribution in [0.15, 0.2) is 12.4 Å². The van der Waals surface area contributed by atoms with Crippen LogP contribution in [-0.4, -0.2) is 54.5 Å². The Morgan fingerprint density at radius 1 is 1.28 bits per heavy atom. The maximum Gasteiger partial charge on any atom is 0.289 e. The van der Waals surface area contributed by atoms with E-state index in [9.17, 15) is 4.79 Å². The highest BCUT2D eigenvalue weighted by atomic mass is 16.2. The lowest BCUT2D eigenvalue weighted by Gasteiger charge is -2.25. The minimum Gasteiger partial charge on any atom is -0.347 e. The topological polar surface area (TPSA) is 80.9 Å². The van der Waals surface area contributed by atoms with Crippen molar-refractivity contribution < 1.29 is 4.79 Å². The summed E-state index contributed by atoms with van der Waals surface area (Å²) in [4.78, 5) is 14.8. The summed E-state index contributed by atoms with van der Waals surface area (Å²) in [6, 6.07) is 0.0956. The molecule has 1 amide bonds. The van der Waals surface area contributed by atoms with E-state index in [2.05, 4.69) is 31.7 Å². The fraction of sp³-hybridized carbons (Fsp3) is 0.647. The van der Waals surface area contributed by atoms with Crippen molar-refractivity contribution in [1.82, 2.24) is 34.8 Å². The molecular formula is C17H25N7O. The van der Waals surface area contributed by atoms with E-state index < -0.39 is 0 Å². The predicted molar refractivity (Wildman–Crippen MR) is 91.8 cm³/mol. The molecule has 2 aromatic heterocycles. The molecule has 2 aliphatic rings. The second kappa shape index (κ2) is 6.25. The Hall–Kier alpha value is -2.22.